The number of hydrogen-bond donors (Lipinski definition) is 2. The van der Waals surface area contributed by atoms with E-state index >= 15 is 0 Å². The van der Waals surface area contributed by atoms with Crippen molar-refractivity contribution in [2.24, 2.45) is 5.92 Å². The normalized spacial score (nSPS) is 14.6. The highest BCUT2D eigenvalue weighted by Gasteiger charge is 2.27. The van der Waals surface area contributed by atoms with Crippen LogP contribution >= 0.6 is 0 Å². The number of amides is 3. The van der Waals surface area contributed by atoms with Gasteiger partial charge in [-0.3, -0.25) is 14.4 Å². The molecule has 1 saturated heterocycles. The Hall–Kier alpha value is -2.57. The molecular formula is C22H33N3O4. The summed E-state index contributed by atoms with van der Waals surface area (Å²) >= 11 is 0. The summed E-state index contributed by atoms with van der Waals surface area (Å²) in [7, 11) is 0. The van der Waals surface area contributed by atoms with Crippen molar-refractivity contribution in [2.45, 2.75) is 52.5 Å². The van der Waals surface area contributed by atoms with E-state index in [9.17, 15) is 14.4 Å². The fraction of sp³-hybridized carbons (Fsp3) is 0.591. The third-order valence-electron chi connectivity index (χ3n) is 5.35. The third kappa shape index (κ3) is 6.48. The minimum atomic E-state index is -0.338. The van der Waals surface area contributed by atoms with Crippen LogP contribution in [0.3, 0.4) is 0 Å². The lowest BCUT2D eigenvalue weighted by atomic mass is 9.98. The van der Waals surface area contributed by atoms with Gasteiger partial charge >= 0.3 is 0 Å². The lowest BCUT2D eigenvalue weighted by molar-refractivity contribution is -0.137. The van der Waals surface area contributed by atoms with Gasteiger partial charge in [0.1, 0.15) is 5.75 Å². The molecule has 0 saturated carbocycles. The molecule has 1 aliphatic rings. The van der Waals surface area contributed by atoms with Crippen molar-refractivity contribution in [3.63, 3.8) is 0 Å². The number of nitrogens with one attached hydrogen (secondary N) is 2. The summed E-state index contributed by atoms with van der Waals surface area (Å²) in [6.45, 7) is 7.63. The first-order valence-electron chi connectivity index (χ1n) is 10.6. The number of benzene rings is 1. The maximum atomic E-state index is 12.5. The molecule has 160 valence electrons. The van der Waals surface area contributed by atoms with Gasteiger partial charge in [-0.1, -0.05) is 26.0 Å². The molecule has 0 bridgehead atoms. The number of carbonyl (C=O) groups is 3. The SMILES string of the molecule is CCOc1ccccc1C(=O)NCC(=O)NC1CCN(C(=O)C(CC)CC)CC1. The fourth-order valence-corrected chi connectivity index (χ4v) is 3.61. The summed E-state index contributed by atoms with van der Waals surface area (Å²) in [5, 5.41) is 5.61. The van der Waals surface area contributed by atoms with Crippen LogP contribution in [0.4, 0.5) is 0 Å². The Kier molecular flexibility index (Phi) is 8.96. The standard InChI is InChI=1S/C22H33N3O4/c1-4-16(5-2)22(28)25-13-11-17(12-14-25)24-20(26)15-23-21(27)18-9-7-8-10-19(18)29-6-3/h7-10,16-17H,4-6,11-15H2,1-3H3,(H,23,27)(H,24,26). The highest BCUT2D eigenvalue weighted by atomic mass is 16.5. The molecular weight excluding hydrogens is 370 g/mol. The van der Waals surface area contributed by atoms with Crippen molar-refractivity contribution >= 4 is 17.7 Å². The van der Waals surface area contributed by atoms with Crippen LogP contribution in [0.2, 0.25) is 0 Å². The van der Waals surface area contributed by atoms with Crippen LogP contribution < -0.4 is 15.4 Å². The molecule has 1 heterocycles. The molecule has 1 aliphatic heterocycles. The Morgan fingerprint density at radius 3 is 2.38 bits per heavy atom. The Labute approximate surface area is 173 Å². The van der Waals surface area contributed by atoms with Crippen molar-refractivity contribution in [3.8, 4) is 5.75 Å². The van der Waals surface area contributed by atoms with E-state index in [-0.39, 0.29) is 36.2 Å². The zero-order valence-electron chi connectivity index (χ0n) is 17.7. The van der Waals surface area contributed by atoms with Crippen molar-refractivity contribution in [2.75, 3.05) is 26.2 Å². The average Bonchev–Trinajstić information content (AvgIpc) is 2.74. The fourth-order valence-electron chi connectivity index (χ4n) is 3.61. The van der Waals surface area contributed by atoms with Crippen molar-refractivity contribution in [1.29, 1.82) is 0 Å². The van der Waals surface area contributed by atoms with Gasteiger partial charge in [-0.05, 0) is 44.7 Å². The molecule has 7 nitrogen and oxygen atoms in total. The maximum absolute atomic E-state index is 12.5. The molecule has 0 unspecified atom stereocenters. The number of para-hydroxylation sites is 1. The molecule has 3 amide bonds. The number of rotatable bonds is 9. The van der Waals surface area contributed by atoms with Crippen LogP contribution in [-0.4, -0.2) is 54.9 Å². The first-order chi connectivity index (χ1) is 14.0. The quantitative estimate of drug-likeness (QED) is 0.663. The van der Waals surface area contributed by atoms with Crippen LogP contribution in [0.5, 0.6) is 5.75 Å². The molecule has 2 rings (SSSR count). The van der Waals surface area contributed by atoms with Gasteiger partial charge in [0.2, 0.25) is 11.8 Å². The van der Waals surface area contributed by atoms with Gasteiger partial charge in [-0.25, -0.2) is 0 Å². The second kappa shape index (κ2) is 11.4. The molecule has 1 aromatic carbocycles. The van der Waals surface area contributed by atoms with E-state index < -0.39 is 0 Å². The van der Waals surface area contributed by atoms with E-state index in [1.165, 1.54) is 0 Å². The van der Waals surface area contributed by atoms with Crippen LogP contribution in [0.1, 0.15) is 56.8 Å². The molecule has 1 aromatic rings. The molecule has 7 heteroatoms. The van der Waals surface area contributed by atoms with Crippen molar-refractivity contribution in [3.05, 3.63) is 29.8 Å². The predicted molar refractivity (Wildman–Crippen MR) is 112 cm³/mol. The molecule has 0 radical (unpaired) electrons. The molecule has 0 spiro atoms. The zero-order valence-corrected chi connectivity index (χ0v) is 17.7. The van der Waals surface area contributed by atoms with Gasteiger partial charge in [-0.2, -0.15) is 0 Å². The minimum absolute atomic E-state index is 0.0286. The molecule has 1 fully saturated rings. The van der Waals surface area contributed by atoms with E-state index in [0.717, 1.165) is 25.7 Å². The van der Waals surface area contributed by atoms with Gasteiger partial charge in [0, 0.05) is 25.0 Å². The topological polar surface area (TPSA) is 87.7 Å². The van der Waals surface area contributed by atoms with E-state index in [2.05, 4.69) is 10.6 Å². The predicted octanol–water partition coefficient (Wildman–Crippen LogP) is 2.36. The molecule has 0 aliphatic carbocycles. The van der Waals surface area contributed by atoms with Gasteiger partial charge < -0.3 is 20.3 Å². The first-order valence-corrected chi connectivity index (χ1v) is 10.6. The molecule has 0 aromatic heterocycles. The summed E-state index contributed by atoms with van der Waals surface area (Å²) < 4.78 is 5.46. The van der Waals surface area contributed by atoms with Gasteiger partial charge in [0.15, 0.2) is 0 Å². The zero-order chi connectivity index (χ0) is 21.2. The highest BCUT2D eigenvalue weighted by molar-refractivity contribution is 5.98. The Morgan fingerprint density at radius 2 is 1.76 bits per heavy atom. The summed E-state index contributed by atoms with van der Waals surface area (Å²) in [6.07, 6.45) is 3.19. The van der Waals surface area contributed by atoms with E-state index in [0.29, 0.717) is 31.0 Å². The third-order valence-corrected chi connectivity index (χ3v) is 5.35. The highest BCUT2D eigenvalue weighted by Crippen LogP contribution is 2.18. The second-order valence-corrected chi connectivity index (χ2v) is 7.29. The lowest BCUT2D eigenvalue weighted by Crippen LogP contribution is -2.49. The number of nitrogens with zero attached hydrogens (tertiary/aromatic N) is 1. The maximum Gasteiger partial charge on any atom is 0.255 e. The molecule has 2 N–H and O–H groups in total. The minimum Gasteiger partial charge on any atom is -0.493 e. The molecule has 0 atom stereocenters. The summed E-state index contributed by atoms with van der Waals surface area (Å²) in [6, 6.07) is 6.99. The summed E-state index contributed by atoms with van der Waals surface area (Å²) in [5.74, 6) is 0.255. The molecule has 29 heavy (non-hydrogen) atoms. The summed E-state index contributed by atoms with van der Waals surface area (Å²) in [4.78, 5) is 39.0. The number of ether oxygens (including phenoxy) is 1. The Bertz CT molecular complexity index is 695. The van der Waals surface area contributed by atoms with Crippen LogP contribution in [0.25, 0.3) is 0 Å². The van der Waals surface area contributed by atoms with E-state index in [4.69, 9.17) is 4.74 Å². The van der Waals surface area contributed by atoms with Crippen LogP contribution in [0.15, 0.2) is 24.3 Å². The largest absolute Gasteiger partial charge is 0.493 e. The Morgan fingerprint density at radius 1 is 1.10 bits per heavy atom. The lowest BCUT2D eigenvalue weighted by Gasteiger charge is -2.34. The Balaban J connectivity index is 1.77. The van der Waals surface area contributed by atoms with E-state index in [1.54, 1.807) is 24.3 Å². The number of carbonyl (C=O) groups excluding carboxylic acids is 3. The van der Waals surface area contributed by atoms with Gasteiger partial charge in [0.05, 0.1) is 18.7 Å². The van der Waals surface area contributed by atoms with Crippen LogP contribution in [-0.2, 0) is 9.59 Å². The van der Waals surface area contributed by atoms with Crippen LogP contribution in [0, 0.1) is 5.92 Å². The summed E-state index contributed by atoms with van der Waals surface area (Å²) in [5.41, 5.74) is 0.412. The van der Waals surface area contributed by atoms with Crippen molar-refractivity contribution in [1.82, 2.24) is 15.5 Å². The monoisotopic (exact) mass is 403 g/mol. The van der Waals surface area contributed by atoms with E-state index in [1.807, 2.05) is 25.7 Å². The van der Waals surface area contributed by atoms with Gasteiger partial charge in [0.25, 0.3) is 5.91 Å². The second-order valence-electron chi connectivity index (χ2n) is 7.29. The first kappa shape index (κ1) is 22.7. The smallest absolute Gasteiger partial charge is 0.255 e. The average molecular weight is 404 g/mol. The number of piperidine rings is 1. The van der Waals surface area contributed by atoms with Crippen molar-refractivity contribution < 1.29 is 19.1 Å². The van der Waals surface area contributed by atoms with Gasteiger partial charge in [-0.15, -0.1) is 0 Å². The number of likely N-dealkylation sites (tertiary alicyclic amines) is 1. The number of hydrogen-bond acceptors (Lipinski definition) is 4.